The highest BCUT2D eigenvalue weighted by atomic mass is 19.1. The number of pyridine rings is 1. The second-order valence-electron chi connectivity index (χ2n) is 9.83. The van der Waals surface area contributed by atoms with Gasteiger partial charge in [-0.1, -0.05) is 65.7 Å². The molecule has 35 heavy (non-hydrogen) atoms. The van der Waals surface area contributed by atoms with Crippen molar-refractivity contribution >= 4 is 0 Å². The van der Waals surface area contributed by atoms with Crippen molar-refractivity contribution in [2.75, 3.05) is 0 Å². The van der Waals surface area contributed by atoms with Gasteiger partial charge in [0, 0.05) is 22.5 Å². The molecule has 0 radical (unpaired) electrons. The maximum Gasteiger partial charge on any atom is 0.129 e. The van der Waals surface area contributed by atoms with E-state index in [0.29, 0.717) is 5.56 Å². The van der Waals surface area contributed by atoms with Gasteiger partial charge in [-0.25, -0.2) is 8.78 Å². The van der Waals surface area contributed by atoms with E-state index in [4.69, 9.17) is 4.98 Å². The van der Waals surface area contributed by atoms with Crippen LogP contribution in [0.2, 0.25) is 0 Å². The van der Waals surface area contributed by atoms with Crippen molar-refractivity contribution in [3.8, 4) is 11.1 Å². The first-order valence-corrected chi connectivity index (χ1v) is 12.6. The molecule has 3 rings (SSSR count). The zero-order valence-corrected chi connectivity index (χ0v) is 21.4. The van der Waals surface area contributed by atoms with E-state index in [1.807, 2.05) is 0 Å². The van der Waals surface area contributed by atoms with E-state index < -0.39 is 17.7 Å². The third-order valence-electron chi connectivity index (χ3n) is 6.51. The number of halogens is 2. The van der Waals surface area contributed by atoms with Gasteiger partial charge in [0.05, 0.1) is 6.61 Å². The molecule has 188 valence electrons. The molecule has 0 spiro atoms. The fourth-order valence-electron chi connectivity index (χ4n) is 4.70. The largest absolute Gasteiger partial charge is 0.392 e. The molecule has 0 aliphatic carbocycles. The van der Waals surface area contributed by atoms with Crippen molar-refractivity contribution in [2.45, 2.75) is 84.8 Å². The Morgan fingerprint density at radius 2 is 1.49 bits per heavy atom. The predicted molar refractivity (Wildman–Crippen MR) is 137 cm³/mol. The molecule has 0 bridgehead atoms. The van der Waals surface area contributed by atoms with Crippen molar-refractivity contribution in [1.29, 1.82) is 0 Å². The summed E-state index contributed by atoms with van der Waals surface area (Å²) in [5, 5.41) is 21.4. The van der Waals surface area contributed by atoms with Crippen LogP contribution >= 0.6 is 0 Å². The van der Waals surface area contributed by atoms with Crippen molar-refractivity contribution in [1.82, 2.24) is 4.98 Å². The van der Waals surface area contributed by atoms with Gasteiger partial charge < -0.3 is 10.2 Å². The highest BCUT2D eigenvalue weighted by Crippen LogP contribution is 2.39. The predicted octanol–water partition coefficient (Wildman–Crippen LogP) is 7.58. The van der Waals surface area contributed by atoms with Crippen LogP contribution in [-0.2, 0) is 13.0 Å². The molecule has 1 unspecified atom stereocenters. The summed E-state index contributed by atoms with van der Waals surface area (Å²) < 4.78 is 28.3. The van der Waals surface area contributed by atoms with Crippen LogP contribution in [0.25, 0.3) is 11.1 Å². The Balaban J connectivity index is 2.27. The third kappa shape index (κ3) is 5.96. The Kier molecular flexibility index (Phi) is 9.15. The Morgan fingerprint density at radius 1 is 0.857 bits per heavy atom. The summed E-state index contributed by atoms with van der Waals surface area (Å²) in [6.45, 7) is 10.3. The molecule has 0 fully saturated rings. The minimum Gasteiger partial charge on any atom is -0.392 e. The minimum absolute atomic E-state index is 0.0998. The van der Waals surface area contributed by atoms with Crippen LogP contribution in [-0.4, -0.2) is 15.2 Å². The van der Waals surface area contributed by atoms with Gasteiger partial charge in [-0.2, -0.15) is 0 Å². The van der Waals surface area contributed by atoms with Gasteiger partial charge in [-0.3, -0.25) is 4.98 Å². The second kappa shape index (κ2) is 11.9. The minimum atomic E-state index is -1.24. The summed E-state index contributed by atoms with van der Waals surface area (Å²) in [6.07, 6.45) is 2.72. The molecule has 0 aliphatic heterocycles. The normalized spacial score (nSPS) is 12.5. The number of hydrogen-bond acceptors (Lipinski definition) is 3. The van der Waals surface area contributed by atoms with Crippen LogP contribution in [0.4, 0.5) is 8.78 Å². The number of rotatable bonds is 10. The molecule has 0 saturated heterocycles. The molecule has 2 aromatic carbocycles. The van der Waals surface area contributed by atoms with Crippen LogP contribution in [0.3, 0.4) is 0 Å². The Bertz CT molecular complexity index is 1140. The Labute approximate surface area is 207 Å². The summed E-state index contributed by atoms with van der Waals surface area (Å²) in [7, 11) is 0. The number of hydrogen-bond donors (Lipinski definition) is 2. The summed E-state index contributed by atoms with van der Waals surface area (Å²) in [5.41, 5.74) is 5.83. The molecule has 1 heterocycles. The van der Waals surface area contributed by atoms with E-state index in [0.717, 1.165) is 59.3 Å². The number of aliphatic hydroxyl groups is 2. The van der Waals surface area contributed by atoms with E-state index in [-0.39, 0.29) is 24.0 Å². The standard InChI is InChI=1S/C30H37F2NO2/c1-6-7-8-9-23-27(25(17-34)29(19(4)5)33-28(23)18(2)3)21-12-15-26(32)24(16-21)30(35)20-10-13-22(31)14-11-20/h10-16,18-19,30,34-35H,6-9,17H2,1-5H3. The monoisotopic (exact) mass is 481 g/mol. The van der Waals surface area contributed by atoms with Gasteiger partial charge in [0.1, 0.15) is 17.7 Å². The lowest BCUT2D eigenvalue weighted by Crippen LogP contribution is -2.13. The molecule has 0 saturated carbocycles. The lowest BCUT2D eigenvalue weighted by atomic mass is 9.84. The molecule has 0 amide bonds. The lowest BCUT2D eigenvalue weighted by molar-refractivity contribution is 0.215. The molecule has 3 aromatic rings. The number of unbranched alkanes of at least 4 members (excludes halogenated alkanes) is 2. The van der Waals surface area contributed by atoms with Gasteiger partial charge in [0.2, 0.25) is 0 Å². The van der Waals surface area contributed by atoms with Crippen molar-refractivity contribution in [2.24, 2.45) is 0 Å². The van der Waals surface area contributed by atoms with Gasteiger partial charge in [-0.05, 0) is 71.2 Å². The maximum atomic E-state index is 15.0. The summed E-state index contributed by atoms with van der Waals surface area (Å²) >= 11 is 0. The highest BCUT2D eigenvalue weighted by molar-refractivity contribution is 5.74. The average molecular weight is 482 g/mol. The summed E-state index contributed by atoms with van der Waals surface area (Å²) in [4.78, 5) is 5.02. The van der Waals surface area contributed by atoms with Crippen LogP contribution in [0.15, 0.2) is 42.5 Å². The van der Waals surface area contributed by atoms with Crippen molar-refractivity contribution in [3.05, 3.63) is 87.7 Å². The van der Waals surface area contributed by atoms with E-state index in [9.17, 15) is 19.0 Å². The smallest absolute Gasteiger partial charge is 0.129 e. The summed E-state index contributed by atoms with van der Waals surface area (Å²) in [6, 6.07) is 10.2. The van der Waals surface area contributed by atoms with Crippen LogP contribution in [0, 0.1) is 11.6 Å². The topological polar surface area (TPSA) is 53.4 Å². The number of benzene rings is 2. The van der Waals surface area contributed by atoms with E-state index in [1.54, 1.807) is 12.1 Å². The van der Waals surface area contributed by atoms with Crippen molar-refractivity contribution < 1.29 is 19.0 Å². The zero-order chi connectivity index (χ0) is 25.7. The average Bonchev–Trinajstić information content (AvgIpc) is 2.83. The van der Waals surface area contributed by atoms with Crippen LogP contribution in [0.5, 0.6) is 0 Å². The quantitative estimate of drug-likeness (QED) is 0.294. The van der Waals surface area contributed by atoms with Crippen molar-refractivity contribution in [3.63, 3.8) is 0 Å². The zero-order valence-electron chi connectivity index (χ0n) is 21.4. The molecule has 1 aromatic heterocycles. The van der Waals surface area contributed by atoms with E-state index in [2.05, 4.69) is 34.6 Å². The van der Waals surface area contributed by atoms with E-state index in [1.165, 1.54) is 30.3 Å². The fraction of sp³-hybridized carbons (Fsp3) is 0.433. The maximum absolute atomic E-state index is 15.0. The van der Waals surface area contributed by atoms with Crippen LogP contribution in [0.1, 0.15) is 105 Å². The third-order valence-corrected chi connectivity index (χ3v) is 6.51. The van der Waals surface area contributed by atoms with Gasteiger partial charge >= 0.3 is 0 Å². The first-order chi connectivity index (χ1) is 16.7. The van der Waals surface area contributed by atoms with E-state index >= 15 is 0 Å². The first-order valence-electron chi connectivity index (χ1n) is 12.6. The molecular formula is C30H37F2NO2. The highest BCUT2D eigenvalue weighted by Gasteiger charge is 2.25. The van der Waals surface area contributed by atoms with Crippen LogP contribution < -0.4 is 0 Å². The first kappa shape index (κ1) is 27.0. The Morgan fingerprint density at radius 3 is 2.06 bits per heavy atom. The molecule has 2 N–H and O–H groups in total. The number of aliphatic hydroxyl groups excluding tert-OH is 2. The SMILES string of the molecule is CCCCCc1c(C(C)C)nc(C(C)C)c(CO)c1-c1ccc(F)c(C(O)c2ccc(F)cc2)c1. The molecule has 1 atom stereocenters. The molecule has 0 aliphatic rings. The number of aromatic nitrogens is 1. The van der Waals surface area contributed by atoms with Gasteiger partial charge in [-0.15, -0.1) is 0 Å². The molecule has 3 nitrogen and oxygen atoms in total. The number of nitrogens with zero attached hydrogens (tertiary/aromatic N) is 1. The molecule has 5 heteroatoms. The van der Waals surface area contributed by atoms with Gasteiger partial charge in [0.15, 0.2) is 0 Å². The molecular weight excluding hydrogens is 444 g/mol. The summed E-state index contributed by atoms with van der Waals surface area (Å²) in [5.74, 6) is -0.673. The Hall–Kier alpha value is -2.63. The fourth-order valence-corrected chi connectivity index (χ4v) is 4.70. The van der Waals surface area contributed by atoms with Gasteiger partial charge in [0.25, 0.3) is 0 Å². The second-order valence-corrected chi connectivity index (χ2v) is 9.83. The lowest BCUT2D eigenvalue weighted by Gasteiger charge is -2.25.